The van der Waals surface area contributed by atoms with Crippen LogP contribution in [0.15, 0.2) is 0 Å². The first-order chi connectivity index (χ1) is 11.5. The average molecular weight is 355 g/mol. The lowest BCUT2D eigenvalue weighted by atomic mass is 10.1. The lowest BCUT2D eigenvalue weighted by molar-refractivity contribution is 0.0119. The lowest BCUT2D eigenvalue weighted by Crippen LogP contribution is -2.36. The summed E-state index contributed by atoms with van der Waals surface area (Å²) in [6.07, 6.45) is 0.700. The van der Waals surface area contributed by atoms with Gasteiger partial charge in [0.25, 0.3) is 5.92 Å². The Morgan fingerprint density at radius 3 is 2.92 bits per heavy atom. The number of rotatable bonds is 4. The highest BCUT2D eigenvalue weighted by Gasteiger charge is 2.38. The standard InChI is InChI=1S/C14H19F2N7S/c1-9-18-13(24-21-9)12-20-19-11-10(17-4-7-23(11)12)2-5-22-6-3-14(15,16)8-22/h10,17H,2-8H2,1H3. The van der Waals surface area contributed by atoms with E-state index < -0.39 is 5.92 Å². The normalized spacial score (nSPS) is 23.5. The maximum absolute atomic E-state index is 13.3. The van der Waals surface area contributed by atoms with Gasteiger partial charge in [0.15, 0.2) is 16.7 Å². The van der Waals surface area contributed by atoms with Gasteiger partial charge >= 0.3 is 0 Å². The molecule has 2 aliphatic heterocycles. The topological polar surface area (TPSA) is 71.8 Å². The van der Waals surface area contributed by atoms with Crippen LogP contribution in [0.4, 0.5) is 8.78 Å². The summed E-state index contributed by atoms with van der Waals surface area (Å²) in [7, 11) is 0. The van der Waals surface area contributed by atoms with Crippen LogP contribution in [0.25, 0.3) is 10.8 Å². The van der Waals surface area contributed by atoms with Crippen LogP contribution in [0.1, 0.15) is 30.5 Å². The van der Waals surface area contributed by atoms with E-state index in [9.17, 15) is 8.78 Å². The third kappa shape index (κ3) is 3.05. The van der Waals surface area contributed by atoms with Crippen LogP contribution >= 0.6 is 11.5 Å². The molecule has 4 heterocycles. The smallest absolute Gasteiger partial charge is 0.261 e. The van der Waals surface area contributed by atoms with Crippen LogP contribution in [0.3, 0.4) is 0 Å². The van der Waals surface area contributed by atoms with Gasteiger partial charge in [0.05, 0.1) is 12.6 Å². The van der Waals surface area contributed by atoms with E-state index in [2.05, 4.69) is 29.4 Å². The van der Waals surface area contributed by atoms with Gasteiger partial charge in [-0.1, -0.05) is 0 Å². The van der Waals surface area contributed by atoms with E-state index in [4.69, 9.17) is 0 Å². The Kier molecular flexibility index (Phi) is 4.05. The molecule has 4 rings (SSSR count). The zero-order valence-corrected chi connectivity index (χ0v) is 14.2. The van der Waals surface area contributed by atoms with Crippen molar-refractivity contribution in [1.29, 1.82) is 0 Å². The molecule has 1 unspecified atom stereocenters. The molecule has 1 N–H and O–H groups in total. The Morgan fingerprint density at radius 2 is 2.21 bits per heavy atom. The first-order valence-electron chi connectivity index (χ1n) is 8.09. The van der Waals surface area contributed by atoms with Crippen molar-refractivity contribution in [2.24, 2.45) is 0 Å². The lowest BCUT2D eigenvalue weighted by Gasteiger charge is -2.26. The quantitative estimate of drug-likeness (QED) is 0.896. The fourth-order valence-electron chi connectivity index (χ4n) is 3.32. The van der Waals surface area contributed by atoms with Gasteiger partial charge in [-0.25, -0.2) is 13.8 Å². The molecule has 0 radical (unpaired) electrons. The Balaban J connectivity index is 1.47. The molecule has 0 aliphatic carbocycles. The number of nitrogens with one attached hydrogen (secondary N) is 1. The Morgan fingerprint density at radius 1 is 1.33 bits per heavy atom. The molecule has 0 amide bonds. The molecule has 0 spiro atoms. The fraction of sp³-hybridized carbons (Fsp3) is 0.714. The van der Waals surface area contributed by atoms with Crippen LogP contribution in [0.5, 0.6) is 0 Å². The summed E-state index contributed by atoms with van der Waals surface area (Å²) >= 11 is 1.32. The van der Waals surface area contributed by atoms with E-state index in [0.717, 1.165) is 42.0 Å². The Bertz CT molecular complexity index is 729. The molecular formula is C14H19F2N7S. The number of aromatic nitrogens is 5. The Labute approximate surface area is 142 Å². The highest BCUT2D eigenvalue weighted by molar-refractivity contribution is 7.09. The molecule has 0 saturated carbocycles. The second kappa shape index (κ2) is 6.08. The van der Waals surface area contributed by atoms with E-state index in [0.29, 0.717) is 13.1 Å². The van der Waals surface area contributed by atoms with E-state index >= 15 is 0 Å². The maximum Gasteiger partial charge on any atom is 0.261 e. The minimum atomic E-state index is -2.54. The molecule has 2 aromatic heterocycles. The van der Waals surface area contributed by atoms with Crippen molar-refractivity contribution < 1.29 is 8.78 Å². The fourth-order valence-corrected chi connectivity index (χ4v) is 3.99. The molecule has 1 atom stereocenters. The van der Waals surface area contributed by atoms with Crippen LogP contribution in [0, 0.1) is 6.92 Å². The second-order valence-electron chi connectivity index (χ2n) is 6.36. The zero-order valence-electron chi connectivity index (χ0n) is 13.4. The maximum atomic E-state index is 13.3. The summed E-state index contributed by atoms with van der Waals surface area (Å²) in [5, 5.41) is 12.8. The average Bonchev–Trinajstić information content (AvgIpc) is 3.23. The van der Waals surface area contributed by atoms with Crippen molar-refractivity contribution >= 4 is 11.5 Å². The molecule has 130 valence electrons. The van der Waals surface area contributed by atoms with Crippen LogP contribution in [-0.4, -0.2) is 61.1 Å². The summed E-state index contributed by atoms with van der Waals surface area (Å²) in [5.41, 5.74) is 0. The minimum Gasteiger partial charge on any atom is -0.306 e. The van der Waals surface area contributed by atoms with E-state index in [1.54, 1.807) is 0 Å². The molecule has 24 heavy (non-hydrogen) atoms. The minimum absolute atomic E-state index is 0.0308. The van der Waals surface area contributed by atoms with Gasteiger partial charge in [0.2, 0.25) is 0 Å². The third-order valence-electron chi connectivity index (χ3n) is 4.52. The molecule has 0 aromatic carbocycles. The van der Waals surface area contributed by atoms with E-state index in [-0.39, 0.29) is 19.0 Å². The molecule has 2 aliphatic rings. The van der Waals surface area contributed by atoms with Crippen LogP contribution in [-0.2, 0) is 6.54 Å². The van der Waals surface area contributed by atoms with Gasteiger partial charge in [-0.05, 0) is 24.9 Å². The van der Waals surface area contributed by atoms with Gasteiger partial charge in [-0.2, -0.15) is 4.37 Å². The van der Waals surface area contributed by atoms with E-state index in [1.807, 2.05) is 11.8 Å². The van der Waals surface area contributed by atoms with E-state index in [1.165, 1.54) is 11.5 Å². The highest BCUT2D eigenvalue weighted by atomic mass is 32.1. The SMILES string of the molecule is Cc1nsc(-c2nnc3n2CCNC3CCN2CCC(F)(F)C2)n1. The molecule has 0 bridgehead atoms. The number of aryl methyl sites for hydroxylation is 1. The summed E-state index contributed by atoms with van der Waals surface area (Å²) in [5.74, 6) is -0.208. The number of likely N-dealkylation sites (tertiary alicyclic amines) is 1. The van der Waals surface area contributed by atoms with Gasteiger partial charge < -0.3 is 9.88 Å². The number of hydrogen-bond acceptors (Lipinski definition) is 7. The van der Waals surface area contributed by atoms with Crippen molar-refractivity contribution in [2.45, 2.75) is 38.3 Å². The number of halogens is 2. The number of nitrogens with zero attached hydrogens (tertiary/aromatic N) is 6. The predicted molar refractivity (Wildman–Crippen MR) is 85.0 cm³/mol. The second-order valence-corrected chi connectivity index (χ2v) is 7.11. The first kappa shape index (κ1) is 16.0. The van der Waals surface area contributed by atoms with Gasteiger partial charge in [-0.3, -0.25) is 4.90 Å². The van der Waals surface area contributed by atoms with Gasteiger partial charge in [0, 0.05) is 32.6 Å². The summed E-state index contributed by atoms with van der Waals surface area (Å²) < 4.78 is 32.9. The van der Waals surface area contributed by atoms with Crippen LogP contribution < -0.4 is 5.32 Å². The van der Waals surface area contributed by atoms with Gasteiger partial charge in [-0.15, -0.1) is 10.2 Å². The molecule has 1 saturated heterocycles. The van der Waals surface area contributed by atoms with Gasteiger partial charge in [0.1, 0.15) is 5.82 Å². The number of fused-ring (bicyclic) bond motifs is 1. The third-order valence-corrected chi connectivity index (χ3v) is 5.32. The molecule has 7 nitrogen and oxygen atoms in total. The summed E-state index contributed by atoms with van der Waals surface area (Å²) in [6, 6.07) is 0.0308. The number of alkyl halides is 2. The molecule has 2 aromatic rings. The van der Waals surface area contributed by atoms with Crippen LogP contribution in [0.2, 0.25) is 0 Å². The van der Waals surface area contributed by atoms with Crippen molar-refractivity contribution in [3.8, 4) is 10.8 Å². The largest absolute Gasteiger partial charge is 0.306 e. The number of hydrogen-bond donors (Lipinski definition) is 1. The van der Waals surface area contributed by atoms with Crippen molar-refractivity contribution in [2.75, 3.05) is 26.2 Å². The monoisotopic (exact) mass is 355 g/mol. The summed E-state index contributed by atoms with van der Waals surface area (Å²) in [4.78, 5) is 6.21. The highest BCUT2D eigenvalue weighted by Crippen LogP contribution is 2.29. The predicted octanol–water partition coefficient (Wildman–Crippen LogP) is 1.48. The molecule has 1 fully saturated rings. The zero-order chi connectivity index (χ0) is 16.7. The van der Waals surface area contributed by atoms with Crippen molar-refractivity contribution in [3.05, 3.63) is 11.6 Å². The molecular weight excluding hydrogens is 336 g/mol. The first-order valence-corrected chi connectivity index (χ1v) is 8.86. The summed E-state index contributed by atoms with van der Waals surface area (Å²) in [6.45, 7) is 4.38. The van der Waals surface area contributed by atoms with Crippen molar-refractivity contribution in [1.82, 2.24) is 34.3 Å². The van der Waals surface area contributed by atoms with Crippen molar-refractivity contribution in [3.63, 3.8) is 0 Å². The molecule has 10 heteroatoms. The Hall–Kier alpha value is -1.52.